The van der Waals surface area contributed by atoms with E-state index < -0.39 is 0 Å². The fraction of sp³-hybridized carbons (Fsp3) is 0.200. The Hall–Kier alpha value is -1.55. The van der Waals surface area contributed by atoms with Crippen molar-refractivity contribution in [3.63, 3.8) is 0 Å². The molecule has 0 spiro atoms. The zero-order valence-electron chi connectivity index (χ0n) is 8.41. The molecular formula is C10H11ClO4. The van der Waals surface area contributed by atoms with Gasteiger partial charge in [-0.2, -0.15) is 0 Å². The summed E-state index contributed by atoms with van der Waals surface area (Å²) in [4.78, 5) is 0. The van der Waals surface area contributed by atoms with Gasteiger partial charge in [0.25, 0.3) is 0 Å². The molecule has 0 aromatic heterocycles. The fourth-order valence-electron chi connectivity index (χ4n) is 1.25. The predicted octanol–water partition coefficient (Wildman–Crippen LogP) is 2.77. The molecule has 0 saturated heterocycles. The van der Waals surface area contributed by atoms with Crippen LogP contribution in [0.5, 0.6) is 17.2 Å². The van der Waals surface area contributed by atoms with Crippen molar-refractivity contribution in [1.82, 2.24) is 0 Å². The number of aliphatic hydroxyl groups excluding tert-OH is 1. The van der Waals surface area contributed by atoms with Crippen molar-refractivity contribution in [3.05, 3.63) is 24.3 Å². The Morgan fingerprint density at radius 1 is 1.27 bits per heavy atom. The second kappa shape index (κ2) is 4.79. The van der Waals surface area contributed by atoms with E-state index in [0.717, 1.165) is 0 Å². The molecule has 1 aromatic rings. The van der Waals surface area contributed by atoms with Gasteiger partial charge in [-0.1, -0.05) is 6.58 Å². The van der Waals surface area contributed by atoms with E-state index >= 15 is 0 Å². The molecule has 0 saturated carbocycles. The van der Waals surface area contributed by atoms with Crippen LogP contribution in [0, 0.1) is 0 Å². The first-order valence-corrected chi connectivity index (χ1v) is 4.38. The lowest BCUT2D eigenvalue weighted by atomic mass is 10.1. The number of methoxy groups -OCH3 is 2. The Labute approximate surface area is 92.8 Å². The minimum absolute atomic E-state index is 0.207. The van der Waals surface area contributed by atoms with Crippen molar-refractivity contribution in [2.45, 2.75) is 0 Å². The number of hydrogen-bond acceptors (Lipinski definition) is 4. The van der Waals surface area contributed by atoms with Gasteiger partial charge in [0.2, 0.25) is 0 Å². The zero-order valence-corrected chi connectivity index (χ0v) is 9.17. The van der Waals surface area contributed by atoms with Gasteiger partial charge < -0.3 is 18.9 Å². The van der Waals surface area contributed by atoms with E-state index in [1.54, 1.807) is 12.1 Å². The first kappa shape index (κ1) is 11.5. The highest BCUT2D eigenvalue weighted by Gasteiger charge is 2.18. The van der Waals surface area contributed by atoms with Gasteiger partial charge in [0.1, 0.15) is 23.2 Å². The van der Waals surface area contributed by atoms with Crippen molar-refractivity contribution < 1.29 is 18.9 Å². The maximum Gasteiger partial charge on any atom is 0.175 e. The predicted molar refractivity (Wildman–Crippen MR) is 57.7 cm³/mol. The molecular weight excluding hydrogens is 220 g/mol. The van der Waals surface area contributed by atoms with Crippen molar-refractivity contribution in [3.8, 4) is 17.2 Å². The molecule has 0 aliphatic rings. The molecule has 1 rings (SSSR count). The summed E-state index contributed by atoms with van der Waals surface area (Å²) < 4.78 is 14.7. The third-order valence-corrected chi connectivity index (χ3v) is 2.05. The highest BCUT2D eigenvalue weighted by atomic mass is 35.5. The van der Waals surface area contributed by atoms with Crippen molar-refractivity contribution >= 4 is 17.6 Å². The Morgan fingerprint density at radius 3 is 2.27 bits per heavy atom. The van der Waals surface area contributed by atoms with Crippen LogP contribution in [0.2, 0.25) is 0 Å². The molecule has 5 heteroatoms. The highest BCUT2D eigenvalue weighted by molar-refractivity contribution is 6.09. The zero-order chi connectivity index (χ0) is 11.4. The van der Waals surface area contributed by atoms with Crippen LogP contribution in [-0.4, -0.2) is 19.3 Å². The van der Waals surface area contributed by atoms with Crippen LogP contribution in [0.4, 0.5) is 0 Å². The van der Waals surface area contributed by atoms with Gasteiger partial charge >= 0.3 is 0 Å². The summed E-state index contributed by atoms with van der Waals surface area (Å²) in [5, 5.41) is 9.40. The molecule has 0 aliphatic heterocycles. The summed E-state index contributed by atoms with van der Waals surface area (Å²) in [5.41, 5.74) is 0.270. The van der Waals surface area contributed by atoms with Crippen LogP contribution in [0.15, 0.2) is 18.7 Å². The molecule has 0 bridgehead atoms. The van der Waals surface area contributed by atoms with Gasteiger partial charge in [-0.25, -0.2) is 0 Å². The molecule has 0 aliphatic carbocycles. The first-order valence-electron chi connectivity index (χ1n) is 4.07. The number of rotatable bonds is 4. The van der Waals surface area contributed by atoms with Crippen LogP contribution >= 0.6 is 11.9 Å². The van der Waals surface area contributed by atoms with Gasteiger partial charge in [0.05, 0.1) is 14.2 Å². The Morgan fingerprint density at radius 2 is 1.87 bits per heavy atom. The smallest absolute Gasteiger partial charge is 0.175 e. The number of aliphatic hydroxyl groups is 1. The van der Waals surface area contributed by atoms with E-state index in [4.69, 9.17) is 21.3 Å². The molecule has 1 aromatic carbocycles. The number of hydrogen-bond donors (Lipinski definition) is 1. The van der Waals surface area contributed by atoms with Gasteiger partial charge in [-0.3, -0.25) is 0 Å². The SMILES string of the molecule is C=C(O)c1c(OCl)ccc(OC)c1OC. The van der Waals surface area contributed by atoms with Crippen LogP contribution < -0.4 is 13.8 Å². The van der Waals surface area contributed by atoms with E-state index in [9.17, 15) is 5.11 Å². The Kier molecular flexibility index (Phi) is 3.68. The van der Waals surface area contributed by atoms with Crippen LogP contribution in [-0.2, 0) is 0 Å². The van der Waals surface area contributed by atoms with E-state index in [1.165, 1.54) is 14.2 Å². The summed E-state index contributed by atoms with van der Waals surface area (Å²) in [6.07, 6.45) is 0. The molecule has 0 fully saturated rings. The van der Waals surface area contributed by atoms with Crippen LogP contribution in [0.25, 0.3) is 5.76 Å². The first-order chi connectivity index (χ1) is 7.15. The second-order valence-corrected chi connectivity index (χ2v) is 2.85. The van der Waals surface area contributed by atoms with Gasteiger partial charge in [0.15, 0.2) is 17.2 Å². The molecule has 82 valence electrons. The molecule has 0 radical (unpaired) electrons. The average molecular weight is 231 g/mol. The normalized spacial score (nSPS) is 9.53. The van der Waals surface area contributed by atoms with Crippen molar-refractivity contribution in [2.24, 2.45) is 0 Å². The molecule has 15 heavy (non-hydrogen) atoms. The molecule has 1 N–H and O–H groups in total. The molecule has 0 amide bonds. The highest BCUT2D eigenvalue weighted by Crippen LogP contribution is 2.40. The van der Waals surface area contributed by atoms with E-state index in [1.807, 2.05) is 0 Å². The molecule has 4 nitrogen and oxygen atoms in total. The maximum atomic E-state index is 9.40. The van der Waals surface area contributed by atoms with Gasteiger partial charge in [-0.15, -0.1) is 0 Å². The Balaban J connectivity index is 3.44. The minimum atomic E-state index is -0.207. The number of benzene rings is 1. The lowest BCUT2D eigenvalue weighted by Gasteiger charge is -2.13. The third kappa shape index (κ3) is 2.10. The van der Waals surface area contributed by atoms with Crippen LogP contribution in [0.1, 0.15) is 5.56 Å². The fourth-order valence-corrected chi connectivity index (χ4v) is 1.38. The summed E-state index contributed by atoms with van der Waals surface area (Å²) in [7, 11) is 2.94. The summed E-state index contributed by atoms with van der Waals surface area (Å²) >= 11 is 5.25. The average Bonchev–Trinajstić information content (AvgIpc) is 2.26. The van der Waals surface area contributed by atoms with Gasteiger partial charge in [0, 0.05) is 0 Å². The second-order valence-electron chi connectivity index (χ2n) is 2.70. The monoisotopic (exact) mass is 230 g/mol. The van der Waals surface area contributed by atoms with E-state index in [2.05, 4.69) is 10.9 Å². The van der Waals surface area contributed by atoms with Crippen LogP contribution in [0.3, 0.4) is 0 Å². The Bertz CT molecular complexity index is 376. The summed E-state index contributed by atoms with van der Waals surface area (Å²) in [6, 6.07) is 3.16. The minimum Gasteiger partial charge on any atom is -0.508 e. The number of halogens is 1. The summed E-state index contributed by atoms with van der Waals surface area (Å²) in [5.74, 6) is 0.825. The van der Waals surface area contributed by atoms with E-state index in [-0.39, 0.29) is 17.1 Å². The summed E-state index contributed by atoms with van der Waals surface area (Å²) in [6.45, 7) is 3.40. The third-order valence-electron chi connectivity index (χ3n) is 1.88. The molecule has 0 unspecified atom stereocenters. The molecule has 0 heterocycles. The topological polar surface area (TPSA) is 47.9 Å². The molecule has 0 atom stereocenters. The number of ether oxygens (including phenoxy) is 2. The largest absolute Gasteiger partial charge is 0.508 e. The quantitative estimate of drug-likeness (QED) is 0.808. The van der Waals surface area contributed by atoms with Crippen molar-refractivity contribution in [2.75, 3.05) is 14.2 Å². The van der Waals surface area contributed by atoms with E-state index in [0.29, 0.717) is 11.5 Å². The lowest BCUT2D eigenvalue weighted by Crippen LogP contribution is -1.97. The van der Waals surface area contributed by atoms with Crippen molar-refractivity contribution in [1.29, 1.82) is 0 Å². The lowest BCUT2D eigenvalue weighted by molar-refractivity contribution is 0.350. The standard InChI is InChI=1S/C10H11ClO4/c1-6(12)9-7(15-11)4-5-8(13-2)10(9)14-3/h4-5,12H,1H2,2-3H3. The van der Waals surface area contributed by atoms with Gasteiger partial charge in [-0.05, 0) is 12.1 Å². The maximum absolute atomic E-state index is 9.40.